The third kappa shape index (κ3) is 4.55. The number of hydrogen-bond donors (Lipinski definition) is 1. The van der Waals surface area contributed by atoms with E-state index in [-0.39, 0.29) is 25.0 Å². The Bertz CT molecular complexity index is 393. The third-order valence-corrected chi connectivity index (χ3v) is 2.83. The fraction of sp³-hybridized carbons (Fsp3) is 0.500. The van der Waals surface area contributed by atoms with E-state index in [0.717, 1.165) is 0 Å². The topological polar surface area (TPSA) is 40.5 Å². The fourth-order valence-corrected chi connectivity index (χ4v) is 1.73. The van der Waals surface area contributed by atoms with E-state index in [1.807, 2.05) is 18.7 Å². The molecule has 0 atom stereocenters. The minimum Gasteiger partial charge on any atom is -0.396 e. The van der Waals surface area contributed by atoms with Gasteiger partial charge in [0.2, 0.25) is 0 Å². The molecule has 0 spiro atoms. The first-order valence-electron chi connectivity index (χ1n) is 6.18. The molecule has 0 amide bonds. The number of carbonyl (C=O) groups excluding carboxylic acids is 1. The van der Waals surface area contributed by atoms with Gasteiger partial charge in [-0.05, 0) is 32.4 Å². The average molecular weight is 253 g/mol. The smallest absolute Gasteiger partial charge is 0.176 e. The zero-order chi connectivity index (χ0) is 13.5. The van der Waals surface area contributed by atoms with Gasteiger partial charge in [-0.2, -0.15) is 0 Å². The van der Waals surface area contributed by atoms with Crippen LogP contribution in [0.15, 0.2) is 24.3 Å². The summed E-state index contributed by atoms with van der Waals surface area (Å²) in [5, 5.41) is 8.82. The number of halogens is 1. The zero-order valence-electron chi connectivity index (χ0n) is 10.9. The maximum absolute atomic E-state index is 13.0. The van der Waals surface area contributed by atoms with Crippen LogP contribution in [0.4, 0.5) is 4.39 Å². The van der Waals surface area contributed by atoms with E-state index in [9.17, 15) is 9.18 Å². The molecule has 3 nitrogen and oxygen atoms in total. The summed E-state index contributed by atoms with van der Waals surface area (Å²) in [6, 6.07) is 5.95. The predicted octanol–water partition coefficient (Wildman–Crippen LogP) is 2.10. The van der Waals surface area contributed by atoms with Gasteiger partial charge in [-0.3, -0.25) is 9.69 Å². The molecule has 0 saturated carbocycles. The van der Waals surface area contributed by atoms with Crippen molar-refractivity contribution in [3.63, 3.8) is 0 Å². The van der Waals surface area contributed by atoms with Crippen LogP contribution in [0.2, 0.25) is 0 Å². The molecule has 0 radical (unpaired) electrons. The van der Waals surface area contributed by atoms with E-state index in [1.54, 1.807) is 6.07 Å². The molecule has 0 fully saturated rings. The van der Waals surface area contributed by atoms with Crippen LogP contribution in [0.1, 0.15) is 30.6 Å². The fourth-order valence-electron chi connectivity index (χ4n) is 1.73. The summed E-state index contributed by atoms with van der Waals surface area (Å²) in [5.41, 5.74) is 0.393. The van der Waals surface area contributed by atoms with Crippen molar-refractivity contribution in [3.05, 3.63) is 35.6 Å². The Hall–Kier alpha value is -1.26. The summed E-state index contributed by atoms with van der Waals surface area (Å²) in [6.07, 6.45) is 0.634. The Balaban J connectivity index is 2.66. The molecule has 100 valence electrons. The second-order valence-corrected chi connectivity index (χ2v) is 4.57. The molecule has 1 rings (SSSR count). The number of hydrogen-bond acceptors (Lipinski definition) is 3. The Labute approximate surface area is 107 Å². The van der Waals surface area contributed by atoms with Crippen molar-refractivity contribution in [2.75, 3.05) is 19.7 Å². The van der Waals surface area contributed by atoms with Crippen molar-refractivity contribution in [1.29, 1.82) is 0 Å². The maximum atomic E-state index is 13.0. The first kappa shape index (κ1) is 14.8. The maximum Gasteiger partial charge on any atom is 0.176 e. The number of rotatable bonds is 7. The van der Waals surface area contributed by atoms with Gasteiger partial charge in [0.15, 0.2) is 5.78 Å². The Morgan fingerprint density at radius 2 is 2.17 bits per heavy atom. The van der Waals surface area contributed by atoms with Crippen molar-refractivity contribution in [1.82, 2.24) is 4.90 Å². The van der Waals surface area contributed by atoms with E-state index in [0.29, 0.717) is 18.5 Å². The minimum atomic E-state index is -0.396. The van der Waals surface area contributed by atoms with E-state index >= 15 is 0 Å². The summed E-state index contributed by atoms with van der Waals surface area (Å²) in [7, 11) is 0. The summed E-state index contributed by atoms with van der Waals surface area (Å²) in [5.74, 6) is -0.492. The molecule has 0 unspecified atom stereocenters. The Kier molecular flexibility index (Phi) is 5.95. The van der Waals surface area contributed by atoms with Gasteiger partial charge in [0, 0.05) is 24.8 Å². The van der Waals surface area contributed by atoms with E-state index < -0.39 is 5.82 Å². The number of Topliss-reactive ketones (excluding diaryl/α,β-unsaturated/α-hetero) is 1. The first-order valence-corrected chi connectivity index (χ1v) is 6.18. The average Bonchev–Trinajstić information content (AvgIpc) is 2.33. The summed E-state index contributed by atoms with van der Waals surface area (Å²) in [6.45, 7) is 5.01. The van der Waals surface area contributed by atoms with Gasteiger partial charge in [-0.1, -0.05) is 12.1 Å². The Morgan fingerprint density at radius 1 is 1.44 bits per heavy atom. The molecule has 0 heterocycles. The van der Waals surface area contributed by atoms with Gasteiger partial charge >= 0.3 is 0 Å². The lowest BCUT2D eigenvalue weighted by atomic mass is 10.1. The number of aliphatic hydroxyl groups is 1. The van der Waals surface area contributed by atoms with Crippen molar-refractivity contribution in [2.24, 2.45) is 0 Å². The molecule has 0 bridgehead atoms. The number of carbonyl (C=O) groups is 1. The van der Waals surface area contributed by atoms with Crippen molar-refractivity contribution in [2.45, 2.75) is 26.3 Å². The normalized spacial score (nSPS) is 11.2. The number of benzene rings is 1. The first-order chi connectivity index (χ1) is 8.54. The molecule has 18 heavy (non-hydrogen) atoms. The lowest BCUT2D eigenvalue weighted by Gasteiger charge is -2.25. The van der Waals surface area contributed by atoms with Crippen LogP contribution in [0.25, 0.3) is 0 Å². The standard InChI is InChI=1S/C14H20FNO2/c1-11(2)16(7-4-8-17)10-14(18)12-5-3-6-13(15)9-12/h3,5-6,9,11,17H,4,7-8,10H2,1-2H3. The zero-order valence-corrected chi connectivity index (χ0v) is 10.9. The predicted molar refractivity (Wildman–Crippen MR) is 69.1 cm³/mol. The summed E-state index contributed by atoms with van der Waals surface area (Å²) >= 11 is 0. The second kappa shape index (κ2) is 7.24. The van der Waals surface area contributed by atoms with Crippen LogP contribution < -0.4 is 0 Å². The van der Waals surface area contributed by atoms with Gasteiger partial charge in [0.05, 0.1) is 6.54 Å². The molecule has 0 aliphatic carbocycles. The summed E-state index contributed by atoms with van der Waals surface area (Å²) < 4.78 is 13.0. The van der Waals surface area contributed by atoms with Gasteiger partial charge < -0.3 is 5.11 Å². The second-order valence-electron chi connectivity index (χ2n) is 4.57. The highest BCUT2D eigenvalue weighted by molar-refractivity contribution is 5.97. The van der Waals surface area contributed by atoms with Crippen molar-refractivity contribution >= 4 is 5.78 Å². The molecular formula is C14H20FNO2. The molecule has 0 aliphatic rings. The lowest BCUT2D eigenvalue weighted by Crippen LogP contribution is -2.36. The summed E-state index contributed by atoms with van der Waals surface area (Å²) in [4.78, 5) is 14.0. The van der Waals surface area contributed by atoms with Crippen molar-refractivity contribution in [3.8, 4) is 0 Å². The van der Waals surface area contributed by atoms with E-state index in [1.165, 1.54) is 18.2 Å². The quantitative estimate of drug-likeness (QED) is 0.757. The SMILES string of the molecule is CC(C)N(CCCO)CC(=O)c1cccc(F)c1. The molecule has 4 heteroatoms. The molecule has 1 N–H and O–H groups in total. The van der Waals surface area contributed by atoms with E-state index in [2.05, 4.69) is 0 Å². The molecule has 0 aliphatic heterocycles. The molecular weight excluding hydrogens is 233 g/mol. The van der Waals surface area contributed by atoms with Gasteiger partial charge in [0.25, 0.3) is 0 Å². The number of nitrogens with zero attached hydrogens (tertiary/aromatic N) is 1. The molecule has 1 aromatic rings. The Morgan fingerprint density at radius 3 is 2.72 bits per heavy atom. The molecule has 0 aromatic heterocycles. The van der Waals surface area contributed by atoms with E-state index in [4.69, 9.17) is 5.11 Å². The van der Waals surface area contributed by atoms with Crippen LogP contribution in [-0.4, -0.2) is 41.5 Å². The van der Waals surface area contributed by atoms with Crippen LogP contribution in [0.5, 0.6) is 0 Å². The molecule has 1 aromatic carbocycles. The number of aliphatic hydroxyl groups excluding tert-OH is 1. The number of ketones is 1. The lowest BCUT2D eigenvalue weighted by molar-refractivity contribution is 0.0896. The molecule has 0 saturated heterocycles. The highest BCUT2D eigenvalue weighted by Crippen LogP contribution is 2.07. The van der Waals surface area contributed by atoms with Gasteiger partial charge in [-0.25, -0.2) is 4.39 Å². The largest absolute Gasteiger partial charge is 0.396 e. The van der Waals surface area contributed by atoms with Crippen LogP contribution in [-0.2, 0) is 0 Å². The third-order valence-electron chi connectivity index (χ3n) is 2.83. The van der Waals surface area contributed by atoms with Gasteiger partial charge in [-0.15, -0.1) is 0 Å². The van der Waals surface area contributed by atoms with Crippen molar-refractivity contribution < 1.29 is 14.3 Å². The monoisotopic (exact) mass is 253 g/mol. The highest BCUT2D eigenvalue weighted by atomic mass is 19.1. The minimum absolute atomic E-state index is 0.0962. The highest BCUT2D eigenvalue weighted by Gasteiger charge is 2.15. The van der Waals surface area contributed by atoms with Crippen LogP contribution in [0, 0.1) is 5.82 Å². The van der Waals surface area contributed by atoms with Crippen LogP contribution >= 0.6 is 0 Å². The van der Waals surface area contributed by atoms with Crippen LogP contribution in [0.3, 0.4) is 0 Å². The van der Waals surface area contributed by atoms with Gasteiger partial charge in [0.1, 0.15) is 5.82 Å².